The van der Waals surface area contributed by atoms with Gasteiger partial charge in [-0.15, -0.1) is 0 Å². The summed E-state index contributed by atoms with van der Waals surface area (Å²) in [6.07, 6.45) is 8.02. The maximum absolute atomic E-state index is 5.51. The fourth-order valence-electron chi connectivity index (χ4n) is 3.13. The van der Waals surface area contributed by atoms with E-state index in [0.29, 0.717) is 0 Å². The summed E-state index contributed by atoms with van der Waals surface area (Å²) >= 11 is 0. The average Bonchev–Trinajstić information content (AvgIpc) is 2.22. The molecule has 1 aliphatic rings. The number of nitrogens with two attached hydrogens (primary N) is 1. The van der Waals surface area contributed by atoms with Gasteiger partial charge in [0, 0.05) is 6.04 Å². The third kappa shape index (κ3) is 4.84. The summed E-state index contributed by atoms with van der Waals surface area (Å²) in [6, 6.07) is 0.830. The van der Waals surface area contributed by atoms with Gasteiger partial charge >= 0.3 is 0 Å². The van der Waals surface area contributed by atoms with E-state index in [0.717, 1.165) is 24.4 Å². The van der Waals surface area contributed by atoms with Crippen LogP contribution in [0.4, 0.5) is 0 Å². The van der Waals surface area contributed by atoms with Crippen LogP contribution in [0.1, 0.15) is 52.4 Å². The molecule has 1 aliphatic carbocycles. The second-order valence-corrected chi connectivity index (χ2v) is 5.90. The Morgan fingerprint density at radius 1 is 1.00 bits per heavy atom. The summed E-state index contributed by atoms with van der Waals surface area (Å²) < 4.78 is 0. The molecular formula is C14H30N2. The van der Waals surface area contributed by atoms with Crippen LogP contribution in [-0.2, 0) is 0 Å². The first-order chi connectivity index (χ1) is 7.63. The monoisotopic (exact) mass is 226 g/mol. The lowest BCUT2D eigenvalue weighted by Gasteiger charge is -2.37. The van der Waals surface area contributed by atoms with E-state index < -0.39 is 0 Å². The van der Waals surface area contributed by atoms with Gasteiger partial charge in [0.25, 0.3) is 0 Å². The Morgan fingerprint density at radius 3 is 2.19 bits per heavy atom. The van der Waals surface area contributed by atoms with Gasteiger partial charge in [0.05, 0.1) is 0 Å². The summed E-state index contributed by atoms with van der Waals surface area (Å²) in [5.41, 5.74) is 5.51. The number of hydrogen-bond donors (Lipinski definition) is 1. The van der Waals surface area contributed by atoms with E-state index >= 15 is 0 Å². The lowest BCUT2D eigenvalue weighted by atomic mass is 9.80. The summed E-state index contributed by atoms with van der Waals surface area (Å²) in [6.45, 7) is 6.92. The molecule has 1 saturated carbocycles. The van der Waals surface area contributed by atoms with Crippen molar-refractivity contribution >= 4 is 0 Å². The SMILES string of the molecule is CC1CC(C)CC(N(C)CCCCCN)C1. The topological polar surface area (TPSA) is 29.3 Å². The smallest absolute Gasteiger partial charge is 0.00972 e. The molecule has 0 amide bonds. The van der Waals surface area contributed by atoms with Crippen LogP contribution >= 0.6 is 0 Å². The Hall–Kier alpha value is -0.0800. The third-order valence-electron chi connectivity index (χ3n) is 3.99. The number of nitrogens with zero attached hydrogens (tertiary/aromatic N) is 1. The van der Waals surface area contributed by atoms with Crippen molar-refractivity contribution in [3.8, 4) is 0 Å². The zero-order valence-corrected chi connectivity index (χ0v) is 11.4. The molecule has 2 heteroatoms. The van der Waals surface area contributed by atoms with Gasteiger partial charge in [-0.2, -0.15) is 0 Å². The average molecular weight is 226 g/mol. The van der Waals surface area contributed by atoms with E-state index in [-0.39, 0.29) is 0 Å². The lowest BCUT2D eigenvalue weighted by molar-refractivity contribution is 0.132. The van der Waals surface area contributed by atoms with Crippen LogP contribution in [0.2, 0.25) is 0 Å². The molecule has 0 radical (unpaired) electrons. The molecule has 0 saturated heterocycles. The second-order valence-electron chi connectivity index (χ2n) is 5.90. The van der Waals surface area contributed by atoms with Crippen molar-refractivity contribution in [2.45, 2.75) is 58.4 Å². The van der Waals surface area contributed by atoms with Crippen LogP contribution in [0.15, 0.2) is 0 Å². The highest BCUT2D eigenvalue weighted by Crippen LogP contribution is 2.31. The van der Waals surface area contributed by atoms with Gasteiger partial charge in [-0.25, -0.2) is 0 Å². The predicted octanol–water partition coefficient (Wildman–Crippen LogP) is 2.87. The Bertz CT molecular complexity index is 172. The van der Waals surface area contributed by atoms with Gasteiger partial charge in [-0.3, -0.25) is 0 Å². The van der Waals surface area contributed by atoms with E-state index in [1.54, 1.807) is 0 Å². The van der Waals surface area contributed by atoms with Crippen molar-refractivity contribution in [1.82, 2.24) is 4.90 Å². The molecule has 0 aromatic rings. The van der Waals surface area contributed by atoms with Crippen LogP contribution in [0, 0.1) is 11.8 Å². The molecular weight excluding hydrogens is 196 g/mol. The van der Waals surface area contributed by atoms with Gasteiger partial charge < -0.3 is 10.6 Å². The Kier molecular flexibility index (Phi) is 6.37. The molecule has 16 heavy (non-hydrogen) atoms. The highest BCUT2D eigenvalue weighted by atomic mass is 15.1. The second kappa shape index (κ2) is 7.29. The van der Waals surface area contributed by atoms with Crippen LogP contribution < -0.4 is 5.73 Å². The molecule has 96 valence electrons. The molecule has 2 N–H and O–H groups in total. The van der Waals surface area contributed by atoms with Crippen LogP contribution in [0.5, 0.6) is 0 Å². The summed E-state index contributed by atoms with van der Waals surface area (Å²) in [7, 11) is 2.30. The molecule has 2 unspecified atom stereocenters. The minimum Gasteiger partial charge on any atom is -0.330 e. The fourth-order valence-corrected chi connectivity index (χ4v) is 3.13. The van der Waals surface area contributed by atoms with Gasteiger partial charge in [-0.1, -0.05) is 20.3 Å². The standard InChI is InChI=1S/C14H30N2/c1-12-9-13(2)11-14(10-12)16(3)8-6-4-5-7-15/h12-14H,4-11,15H2,1-3H3. The molecule has 1 fully saturated rings. The maximum Gasteiger partial charge on any atom is 0.00972 e. The van der Waals surface area contributed by atoms with E-state index in [4.69, 9.17) is 5.73 Å². The quantitative estimate of drug-likeness (QED) is 0.706. The molecule has 2 nitrogen and oxygen atoms in total. The maximum atomic E-state index is 5.51. The first-order valence-corrected chi connectivity index (χ1v) is 7.03. The van der Waals surface area contributed by atoms with E-state index in [1.165, 1.54) is 45.1 Å². The molecule has 0 aromatic carbocycles. The van der Waals surface area contributed by atoms with Gasteiger partial charge in [-0.05, 0) is 64.1 Å². The van der Waals surface area contributed by atoms with E-state index in [2.05, 4.69) is 25.8 Å². The largest absolute Gasteiger partial charge is 0.330 e. The highest BCUT2D eigenvalue weighted by Gasteiger charge is 2.26. The van der Waals surface area contributed by atoms with Gasteiger partial charge in [0.1, 0.15) is 0 Å². The normalized spacial score (nSPS) is 30.9. The summed E-state index contributed by atoms with van der Waals surface area (Å²) in [5, 5.41) is 0. The van der Waals surface area contributed by atoms with Crippen molar-refractivity contribution in [3.63, 3.8) is 0 Å². The van der Waals surface area contributed by atoms with Crippen molar-refractivity contribution in [2.75, 3.05) is 20.1 Å². The fraction of sp³-hybridized carbons (Fsp3) is 1.00. The zero-order valence-electron chi connectivity index (χ0n) is 11.4. The molecule has 0 spiro atoms. The molecule has 0 heterocycles. The van der Waals surface area contributed by atoms with Crippen molar-refractivity contribution in [2.24, 2.45) is 17.6 Å². The Balaban J connectivity index is 2.21. The molecule has 1 rings (SSSR count). The summed E-state index contributed by atoms with van der Waals surface area (Å²) in [4.78, 5) is 2.59. The van der Waals surface area contributed by atoms with E-state index in [1.807, 2.05) is 0 Å². The Morgan fingerprint density at radius 2 is 1.62 bits per heavy atom. The summed E-state index contributed by atoms with van der Waals surface area (Å²) in [5.74, 6) is 1.83. The lowest BCUT2D eigenvalue weighted by Crippen LogP contribution is -2.38. The van der Waals surface area contributed by atoms with Crippen molar-refractivity contribution < 1.29 is 0 Å². The zero-order chi connectivity index (χ0) is 12.0. The predicted molar refractivity (Wildman–Crippen MR) is 71.5 cm³/mol. The van der Waals surface area contributed by atoms with E-state index in [9.17, 15) is 0 Å². The van der Waals surface area contributed by atoms with Gasteiger partial charge in [0.15, 0.2) is 0 Å². The first-order valence-electron chi connectivity index (χ1n) is 7.03. The molecule has 0 aliphatic heterocycles. The minimum atomic E-state index is 0.830. The van der Waals surface area contributed by atoms with Crippen LogP contribution in [0.25, 0.3) is 0 Å². The molecule has 2 atom stereocenters. The van der Waals surface area contributed by atoms with Crippen LogP contribution in [0.3, 0.4) is 0 Å². The first kappa shape index (κ1) is 14.0. The number of unbranched alkanes of at least 4 members (excludes halogenated alkanes) is 2. The molecule has 0 aromatic heterocycles. The molecule has 0 bridgehead atoms. The Labute approximate surface area is 102 Å². The van der Waals surface area contributed by atoms with Gasteiger partial charge in [0.2, 0.25) is 0 Å². The minimum absolute atomic E-state index is 0.830. The highest BCUT2D eigenvalue weighted by molar-refractivity contribution is 4.80. The van der Waals surface area contributed by atoms with Crippen molar-refractivity contribution in [1.29, 1.82) is 0 Å². The number of rotatable bonds is 6. The van der Waals surface area contributed by atoms with Crippen molar-refractivity contribution in [3.05, 3.63) is 0 Å². The number of hydrogen-bond acceptors (Lipinski definition) is 2. The van der Waals surface area contributed by atoms with Crippen LogP contribution in [-0.4, -0.2) is 31.1 Å². The third-order valence-corrected chi connectivity index (χ3v) is 3.99.